The molecule has 1 atom stereocenters. The molecule has 0 bridgehead atoms. The Kier molecular flexibility index (Phi) is 5.66. The number of methoxy groups -OCH3 is 1. The second-order valence-electron chi connectivity index (χ2n) is 7.77. The quantitative estimate of drug-likeness (QED) is 0.433. The summed E-state index contributed by atoms with van der Waals surface area (Å²) in [5.41, 5.74) is 2.19. The summed E-state index contributed by atoms with van der Waals surface area (Å²) in [4.78, 5) is 8.65. The Morgan fingerprint density at radius 3 is 2.62 bits per heavy atom. The van der Waals surface area contributed by atoms with E-state index >= 15 is 0 Å². The number of hydrogen-bond donors (Lipinski definition) is 0. The molecular weight excluding hydrogens is 447 g/mol. The standard InChI is InChI=1S/C24H20F3N5O2/c1-14-12-31(13-28-14)19-5-3-15(9-20(19)33-2)4-6-21-29-24-23(34-8-7-32(24)30-21)22-17(26)10-16(25)11-18(22)27/h3-6,9-13,23H,7-8H2,1-2H3/t23-/m1/s1. The van der Waals surface area contributed by atoms with E-state index in [1.807, 2.05) is 42.0 Å². The van der Waals surface area contributed by atoms with Gasteiger partial charge in [0, 0.05) is 18.3 Å². The Hall–Kier alpha value is -3.92. The van der Waals surface area contributed by atoms with Gasteiger partial charge in [0.25, 0.3) is 0 Å². The van der Waals surface area contributed by atoms with Crippen molar-refractivity contribution in [3.63, 3.8) is 0 Å². The highest BCUT2D eigenvalue weighted by atomic mass is 19.1. The number of rotatable bonds is 5. The zero-order valence-corrected chi connectivity index (χ0v) is 18.4. The van der Waals surface area contributed by atoms with E-state index in [9.17, 15) is 13.2 Å². The fourth-order valence-electron chi connectivity index (χ4n) is 3.88. The Morgan fingerprint density at radius 1 is 1.12 bits per heavy atom. The highest BCUT2D eigenvalue weighted by molar-refractivity contribution is 5.69. The number of ether oxygens (including phenoxy) is 2. The topological polar surface area (TPSA) is 67.0 Å². The van der Waals surface area contributed by atoms with Gasteiger partial charge in [-0.3, -0.25) is 0 Å². The molecule has 0 spiro atoms. The van der Waals surface area contributed by atoms with Crippen molar-refractivity contribution in [2.24, 2.45) is 0 Å². The van der Waals surface area contributed by atoms with Crippen LogP contribution in [0.2, 0.25) is 0 Å². The highest BCUT2D eigenvalue weighted by Crippen LogP contribution is 2.32. The van der Waals surface area contributed by atoms with E-state index in [2.05, 4.69) is 15.1 Å². The predicted molar refractivity (Wildman–Crippen MR) is 118 cm³/mol. The van der Waals surface area contributed by atoms with Crippen LogP contribution in [0.1, 0.15) is 34.6 Å². The summed E-state index contributed by atoms with van der Waals surface area (Å²) in [7, 11) is 1.59. The molecule has 3 heterocycles. The van der Waals surface area contributed by atoms with Gasteiger partial charge in [0.1, 0.15) is 29.3 Å². The molecule has 4 aromatic rings. The van der Waals surface area contributed by atoms with E-state index in [0.717, 1.165) is 16.9 Å². The van der Waals surface area contributed by atoms with E-state index in [1.165, 1.54) is 0 Å². The van der Waals surface area contributed by atoms with E-state index in [0.29, 0.717) is 30.3 Å². The first-order valence-corrected chi connectivity index (χ1v) is 10.5. The van der Waals surface area contributed by atoms with Crippen LogP contribution < -0.4 is 4.74 Å². The molecule has 1 aliphatic heterocycles. The summed E-state index contributed by atoms with van der Waals surface area (Å²) in [6.45, 7) is 2.47. The normalized spacial score (nSPS) is 15.6. The van der Waals surface area contributed by atoms with Crippen molar-refractivity contribution in [1.82, 2.24) is 24.3 Å². The van der Waals surface area contributed by atoms with E-state index < -0.39 is 23.6 Å². The first kappa shape index (κ1) is 21.9. The van der Waals surface area contributed by atoms with Crippen molar-refractivity contribution in [1.29, 1.82) is 0 Å². The molecule has 7 nitrogen and oxygen atoms in total. The molecule has 0 aliphatic carbocycles. The van der Waals surface area contributed by atoms with Gasteiger partial charge in [-0.05, 0) is 30.7 Å². The van der Waals surface area contributed by atoms with Crippen LogP contribution in [0.4, 0.5) is 13.2 Å². The van der Waals surface area contributed by atoms with Crippen LogP contribution in [0.25, 0.3) is 17.8 Å². The third-order valence-corrected chi connectivity index (χ3v) is 5.46. The maximum absolute atomic E-state index is 14.3. The molecule has 0 radical (unpaired) electrons. The van der Waals surface area contributed by atoms with Crippen molar-refractivity contribution in [2.45, 2.75) is 19.6 Å². The minimum atomic E-state index is -1.12. The predicted octanol–water partition coefficient (Wildman–Crippen LogP) is 4.49. The number of imidazole rings is 1. The first-order chi connectivity index (χ1) is 16.4. The lowest BCUT2D eigenvalue weighted by atomic mass is 10.1. The fourth-order valence-corrected chi connectivity index (χ4v) is 3.88. The molecule has 0 amide bonds. The van der Waals surface area contributed by atoms with E-state index in [4.69, 9.17) is 9.47 Å². The SMILES string of the molecule is COc1cc(C=Cc2nc3n(n2)CCO[C@@H]3c2c(F)cc(F)cc2F)ccc1-n1cnc(C)c1. The summed E-state index contributed by atoms with van der Waals surface area (Å²) in [6, 6.07) is 6.94. The average molecular weight is 467 g/mol. The Labute approximate surface area is 193 Å². The van der Waals surface area contributed by atoms with Crippen molar-refractivity contribution in [3.05, 3.63) is 88.8 Å². The molecule has 0 N–H and O–H groups in total. The number of aromatic nitrogens is 5. The summed E-state index contributed by atoms with van der Waals surface area (Å²) in [6.07, 6.45) is 5.99. The summed E-state index contributed by atoms with van der Waals surface area (Å²) in [5.74, 6) is -1.80. The van der Waals surface area contributed by atoms with Gasteiger partial charge in [-0.25, -0.2) is 27.8 Å². The maximum atomic E-state index is 14.3. The molecule has 0 fully saturated rings. The van der Waals surface area contributed by atoms with Gasteiger partial charge in [0.2, 0.25) is 0 Å². The van der Waals surface area contributed by atoms with Crippen molar-refractivity contribution >= 4 is 12.2 Å². The first-order valence-electron chi connectivity index (χ1n) is 10.5. The zero-order valence-electron chi connectivity index (χ0n) is 18.4. The van der Waals surface area contributed by atoms with Crippen molar-refractivity contribution < 1.29 is 22.6 Å². The number of nitrogens with zero attached hydrogens (tertiary/aromatic N) is 5. The van der Waals surface area contributed by atoms with E-state index in [1.54, 1.807) is 24.2 Å². The van der Waals surface area contributed by atoms with Crippen LogP contribution in [0.5, 0.6) is 5.75 Å². The van der Waals surface area contributed by atoms with Crippen LogP contribution in [-0.4, -0.2) is 38.0 Å². The summed E-state index contributed by atoms with van der Waals surface area (Å²) in [5, 5.41) is 4.41. The molecule has 34 heavy (non-hydrogen) atoms. The van der Waals surface area contributed by atoms with Gasteiger partial charge in [0.05, 0.1) is 43.5 Å². The molecular formula is C24H20F3N5O2. The molecule has 10 heteroatoms. The van der Waals surface area contributed by atoms with Crippen LogP contribution in [0, 0.1) is 24.4 Å². The lowest BCUT2D eigenvalue weighted by Gasteiger charge is -2.23. The number of benzene rings is 2. The zero-order chi connectivity index (χ0) is 23.8. The van der Waals surface area contributed by atoms with Gasteiger partial charge in [0.15, 0.2) is 11.6 Å². The van der Waals surface area contributed by atoms with Crippen LogP contribution >= 0.6 is 0 Å². The lowest BCUT2D eigenvalue weighted by molar-refractivity contribution is 0.0346. The smallest absolute Gasteiger partial charge is 0.174 e. The molecule has 174 valence electrons. The molecule has 0 unspecified atom stereocenters. The van der Waals surface area contributed by atoms with Crippen molar-refractivity contribution in [3.8, 4) is 11.4 Å². The third-order valence-electron chi connectivity index (χ3n) is 5.46. The second kappa shape index (κ2) is 8.79. The van der Waals surface area contributed by atoms with E-state index in [-0.39, 0.29) is 18.0 Å². The molecule has 0 saturated heterocycles. The summed E-state index contributed by atoms with van der Waals surface area (Å²) < 4.78 is 56.6. The van der Waals surface area contributed by atoms with Gasteiger partial charge >= 0.3 is 0 Å². The van der Waals surface area contributed by atoms with Crippen LogP contribution in [0.3, 0.4) is 0 Å². The van der Waals surface area contributed by atoms with Gasteiger partial charge in [-0.15, -0.1) is 0 Å². The van der Waals surface area contributed by atoms with Crippen LogP contribution in [0.15, 0.2) is 42.9 Å². The van der Waals surface area contributed by atoms with Gasteiger partial charge in [-0.2, -0.15) is 5.10 Å². The Bertz CT molecular complexity index is 1370. The Morgan fingerprint density at radius 2 is 1.91 bits per heavy atom. The number of halogens is 3. The Balaban J connectivity index is 1.43. The average Bonchev–Trinajstić information content (AvgIpc) is 3.43. The van der Waals surface area contributed by atoms with Gasteiger partial charge in [-0.1, -0.05) is 12.1 Å². The number of fused-ring (bicyclic) bond motifs is 1. The van der Waals surface area contributed by atoms with Crippen molar-refractivity contribution in [2.75, 3.05) is 13.7 Å². The maximum Gasteiger partial charge on any atom is 0.174 e. The molecule has 2 aromatic carbocycles. The largest absolute Gasteiger partial charge is 0.495 e. The number of hydrogen-bond acceptors (Lipinski definition) is 5. The highest BCUT2D eigenvalue weighted by Gasteiger charge is 2.31. The van der Waals surface area contributed by atoms with Crippen LogP contribution in [-0.2, 0) is 11.3 Å². The minimum Gasteiger partial charge on any atom is -0.495 e. The molecule has 1 aliphatic rings. The molecule has 2 aromatic heterocycles. The number of aryl methyl sites for hydroxylation is 1. The summed E-state index contributed by atoms with van der Waals surface area (Å²) >= 11 is 0. The molecule has 0 saturated carbocycles. The lowest BCUT2D eigenvalue weighted by Crippen LogP contribution is -2.25. The fraction of sp³-hybridized carbons (Fsp3) is 0.208. The monoisotopic (exact) mass is 467 g/mol. The van der Waals surface area contributed by atoms with Gasteiger partial charge < -0.3 is 14.0 Å². The third kappa shape index (κ3) is 4.08. The second-order valence-corrected chi connectivity index (χ2v) is 7.77. The molecule has 5 rings (SSSR count). The minimum absolute atomic E-state index is 0.187.